The second-order valence-electron chi connectivity index (χ2n) is 2.70. The van der Waals surface area contributed by atoms with Gasteiger partial charge in [0.25, 0.3) is 0 Å². The van der Waals surface area contributed by atoms with Gasteiger partial charge in [-0.3, -0.25) is 0 Å². The lowest BCUT2D eigenvalue weighted by atomic mass is 10.1. The number of rotatable bonds is 1. The number of aliphatic hydroxyl groups is 1. The number of aromatic nitrogens is 2. The van der Waals surface area contributed by atoms with Gasteiger partial charge in [-0.2, -0.15) is 4.98 Å². The van der Waals surface area contributed by atoms with Gasteiger partial charge >= 0.3 is 0 Å². The van der Waals surface area contributed by atoms with Crippen LogP contribution in [0.15, 0.2) is 4.52 Å². The van der Waals surface area contributed by atoms with E-state index in [9.17, 15) is 5.11 Å². The van der Waals surface area contributed by atoms with E-state index in [1.54, 1.807) is 20.8 Å². The van der Waals surface area contributed by atoms with E-state index in [-0.39, 0.29) is 0 Å². The smallest absolute Gasteiger partial charge is 0.223 e. The Morgan fingerprint density at radius 1 is 1.33 bits per heavy atom. The summed E-state index contributed by atoms with van der Waals surface area (Å²) >= 11 is 0. The molecule has 0 aromatic carbocycles. The molecule has 4 heteroatoms. The average molecular weight is 172 g/mol. The molecule has 0 saturated heterocycles. The summed E-state index contributed by atoms with van der Waals surface area (Å²) in [7, 11) is 0. The minimum absolute atomic E-state index is 0.324. The molecule has 12 heavy (non-hydrogen) atoms. The number of aryl methyl sites for hydroxylation is 1. The van der Waals surface area contributed by atoms with E-state index in [0.717, 1.165) is 0 Å². The van der Waals surface area contributed by atoms with Crippen molar-refractivity contribution in [3.63, 3.8) is 0 Å². The largest absolute Gasteiger partial charge is 0.382 e. The van der Waals surface area contributed by atoms with Crippen LogP contribution in [0.4, 0.5) is 0 Å². The fourth-order valence-corrected chi connectivity index (χ4v) is 0.548. The van der Waals surface area contributed by atoms with Crippen LogP contribution in [0.3, 0.4) is 0 Å². The van der Waals surface area contributed by atoms with Crippen LogP contribution in [-0.4, -0.2) is 15.2 Å². The highest BCUT2D eigenvalue weighted by Gasteiger charge is 2.21. The van der Waals surface area contributed by atoms with Crippen LogP contribution in [0.2, 0.25) is 0 Å². The third kappa shape index (κ3) is 3.00. The number of hydrogen-bond acceptors (Lipinski definition) is 4. The van der Waals surface area contributed by atoms with Gasteiger partial charge in [0.2, 0.25) is 11.7 Å². The van der Waals surface area contributed by atoms with Crippen LogP contribution in [0.25, 0.3) is 0 Å². The van der Waals surface area contributed by atoms with E-state index in [2.05, 4.69) is 14.7 Å². The van der Waals surface area contributed by atoms with Gasteiger partial charge in [0.05, 0.1) is 0 Å². The maximum absolute atomic E-state index is 9.32. The average Bonchev–Trinajstić information content (AvgIpc) is 2.39. The highest BCUT2D eigenvalue weighted by atomic mass is 16.5. The molecule has 1 aromatic heterocycles. The lowest BCUT2D eigenvalue weighted by Gasteiger charge is -2.09. The van der Waals surface area contributed by atoms with Crippen molar-refractivity contribution in [1.82, 2.24) is 10.1 Å². The second kappa shape index (κ2) is 4.21. The zero-order chi connectivity index (χ0) is 9.78. The SMILES string of the molecule is CC.Cc1nc(C(C)(C)O)no1. The van der Waals surface area contributed by atoms with Gasteiger partial charge < -0.3 is 9.63 Å². The van der Waals surface area contributed by atoms with Crippen molar-refractivity contribution in [3.05, 3.63) is 11.7 Å². The van der Waals surface area contributed by atoms with Gasteiger partial charge in [0.15, 0.2) is 0 Å². The highest BCUT2D eigenvalue weighted by molar-refractivity contribution is 4.94. The predicted molar refractivity (Wildman–Crippen MR) is 45.6 cm³/mol. The third-order valence-electron chi connectivity index (χ3n) is 1.07. The lowest BCUT2D eigenvalue weighted by molar-refractivity contribution is 0.0661. The summed E-state index contributed by atoms with van der Waals surface area (Å²) in [6.45, 7) is 8.90. The first-order valence-electron chi connectivity index (χ1n) is 4.03. The molecule has 4 nitrogen and oxygen atoms in total. The van der Waals surface area contributed by atoms with Gasteiger partial charge in [-0.15, -0.1) is 0 Å². The Morgan fingerprint density at radius 3 is 2.00 bits per heavy atom. The lowest BCUT2D eigenvalue weighted by Crippen LogP contribution is -2.17. The van der Waals surface area contributed by atoms with Crippen molar-refractivity contribution in [1.29, 1.82) is 0 Å². The van der Waals surface area contributed by atoms with Gasteiger partial charge in [-0.1, -0.05) is 19.0 Å². The van der Waals surface area contributed by atoms with Gasteiger partial charge in [-0.05, 0) is 13.8 Å². The van der Waals surface area contributed by atoms with Crippen molar-refractivity contribution in [2.45, 2.75) is 40.2 Å². The van der Waals surface area contributed by atoms with Gasteiger partial charge in [0, 0.05) is 6.92 Å². The summed E-state index contributed by atoms with van der Waals surface area (Å²) in [5, 5.41) is 12.9. The molecule has 0 fully saturated rings. The number of hydrogen-bond donors (Lipinski definition) is 1. The first-order chi connectivity index (χ1) is 5.50. The first kappa shape index (κ1) is 11.1. The Labute approximate surface area is 72.6 Å². The van der Waals surface area contributed by atoms with E-state index < -0.39 is 5.60 Å². The minimum Gasteiger partial charge on any atom is -0.382 e. The van der Waals surface area contributed by atoms with Crippen molar-refractivity contribution >= 4 is 0 Å². The van der Waals surface area contributed by atoms with Crippen molar-refractivity contribution in [3.8, 4) is 0 Å². The standard InChI is InChI=1S/C6H10N2O2.C2H6/c1-4-7-5(8-10-4)6(2,3)9;1-2/h9H,1-3H3;1-2H3. The van der Waals surface area contributed by atoms with Crippen molar-refractivity contribution in [2.75, 3.05) is 0 Å². The van der Waals surface area contributed by atoms with E-state index >= 15 is 0 Å². The van der Waals surface area contributed by atoms with Crippen LogP contribution in [0.1, 0.15) is 39.4 Å². The predicted octanol–water partition coefficient (Wildman–Crippen LogP) is 1.63. The molecule has 1 N–H and O–H groups in total. The highest BCUT2D eigenvalue weighted by Crippen LogP contribution is 2.14. The molecule has 1 rings (SSSR count). The zero-order valence-corrected chi connectivity index (χ0v) is 8.25. The molecule has 1 aromatic rings. The van der Waals surface area contributed by atoms with E-state index in [0.29, 0.717) is 11.7 Å². The topological polar surface area (TPSA) is 59.2 Å². The number of nitrogens with zero attached hydrogens (tertiary/aromatic N) is 2. The Hall–Kier alpha value is -0.900. The Morgan fingerprint density at radius 2 is 1.83 bits per heavy atom. The summed E-state index contributed by atoms with van der Waals surface area (Å²) < 4.78 is 4.67. The van der Waals surface area contributed by atoms with Crippen LogP contribution in [0, 0.1) is 6.92 Å². The summed E-state index contributed by atoms with van der Waals surface area (Å²) in [6, 6.07) is 0. The maximum atomic E-state index is 9.32. The molecular weight excluding hydrogens is 156 g/mol. The Kier molecular flexibility index (Phi) is 3.89. The van der Waals surface area contributed by atoms with Gasteiger partial charge in [0.1, 0.15) is 5.60 Å². The minimum atomic E-state index is -1.00. The van der Waals surface area contributed by atoms with Crippen molar-refractivity contribution in [2.24, 2.45) is 0 Å². The summed E-state index contributed by atoms with van der Waals surface area (Å²) in [5.41, 5.74) is -1.00. The molecule has 0 spiro atoms. The summed E-state index contributed by atoms with van der Waals surface area (Å²) in [6.07, 6.45) is 0. The Balaban J connectivity index is 0.000000561. The van der Waals surface area contributed by atoms with Crippen LogP contribution >= 0.6 is 0 Å². The molecule has 0 radical (unpaired) electrons. The maximum Gasteiger partial charge on any atom is 0.223 e. The molecular formula is C8H16N2O2. The molecule has 1 heterocycles. The zero-order valence-electron chi connectivity index (χ0n) is 8.25. The summed E-state index contributed by atoms with van der Waals surface area (Å²) in [5.74, 6) is 0.794. The van der Waals surface area contributed by atoms with Crippen LogP contribution in [-0.2, 0) is 5.60 Å². The third-order valence-corrected chi connectivity index (χ3v) is 1.07. The van der Waals surface area contributed by atoms with Crippen molar-refractivity contribution < 1.29 is 9.63 Å². The molecule has 0 unspecified atom stereocenters. The fourth-order valence-electron chi connectivity index (χ4n) is 0.548. The second-order valence-corrected chi connectivity index (χ2v) is 2.70. The summed E-state index contributed by atoms with van der Waals surface area (Å²) in [4.78, 5) is 3.85. The molecule has 0 atom stereocenters. The molecule has 70 valence electrons. The fraction of sp³-hybridized carbons (Fsp3) is 0.750. The van der Waals surface area contributed by atoms with E-state index in [1.807, 2.05) is 13.8 Å². The monoisotopic (exact) mass is 172 g/mol. The van der Waals surface area contributed by atoms with E-state index in [4.69, 9.17) is 0 Å². The van der Waals surface area contributed by atoms with E-state index in [1.165, 1.54) is 0 Å². The first-order valence-corrected chi connectivity index (χ1v) is 4.03. The van der Waals surface area contributed by atoms with Crippen LogP contribution < -0.4 is 0 Å². The normalized spacial score (nSPS) is 10.5. The molecule has 0 aliphatic heterocycles. The quantitative estimate of drug-likeness (QED) is 0.699. The molecule has 0 bridgehead atoms. The molecule has 0 aliphatic carbocycles. The Bertz CT molecular complexity index is 225. The van der Waals surface area contributed by atoms with Gasteiger partial charge in [-0.25, -0.2) is 0 Å². The van der Waals surface area contributed by atoms with Crippen LogP contribution in [0.5, 0.6) is 0 Å². The molecule has 0 saturated carbocycles. The molecule has 0 amide bonds. The molecule has 0 aliphatic rings.